The number of carbonyl (C=O) groups is 1. The molecular formula is C12H11NO4S2. The first kappa shape index (κ1) is 13.9. The molecule has 0 radical (unpaired) electrons. The van der Waals surface area contributed by atoms with E-state index in [1.807, 2.05) is 0 Å². The van der Waals surface area contributed by atoms with Crippen LogP contribution in [-0.4, -0.2) is 19.3 Å². The SMILES string of the molecule is NS(=O)(=O)c1csc(C(=O)c2ccc(CO)cc2)c1. The first-order valence-corrected chi connectivity index (χ1v) is 7.70. The van der Waals surface area contributed by atoms with Crippen molar-refractivity contribution >= 4 is 27.1 Å². The molecular weight excluding hydrogens is 286 g/mol. The van der Waals surface area contributed by atoms with Crippen molar-refractivity contribution in [1.29, 1.82) is 0 Å². The number of hydrogen-bond donors (Lipinski definition) is 2. The number of rotatable bonds is 4. The van der Waals surface area contributed by atoms with Crippen molar-refractivity contribution in [2.75, 3.05) is 0 Å². The number of aliphatic hydroxyl groups is 1. The lowest BCUT2D eigenvalue weighted by atomic mass is 10.1. The summed E-state index contributed by atoms with van der Waals surface area (Å²) < 4.78 is 22.3. The Balaban J connectivity index is 2.31. The Bertz CT molecular complexity index is 702. The quantitative estimate of drug-likeness (QED) is 0.826. The zero-order valence-electron chi connectivity index (χ0n) is 9.74. The van der Waals surface area contributed by atoms with E-state index in [0.29, 0.717) is 16.0 Å². The molecule has 0 atom stereocenters. The highest BCUT2D eigenvalue weighted by Gasteiger charge is 2.16. The van der Waals surface area contributed by atoms with Gasteiger partial charge in [-0.3, -0.25) is 4.79 Å². The number of nitrogens with two attached hydrogens (primary N) is 1. The van der Waals surface area contributed by atoms with Crippen molar-refractivity contribution in [3.63, 3.8) is 0 Å². The van der Waals surface area contributed by atoms with Gasteiger partial charge in [0.05, 0.1) is 16.4 Å². The van der Waals surface area contributed by atoms with Crippen LogP contribution in [0, 0.1) is 0 Å². The third kappa shape index (κ3) is 3.07. The fraction of sp³-hybridized carbons (Fsp3) is 0.0833. The van der Waals surface area contributed by atoms with Gasteiger partial charge in [-0.1, -0.05) is 24.3 Å². The highest BCUT2D eigenvalue weighted by molar-refractivity contribution is 7.89. The van der Waals surface area contributed by atoms with E-state index in [-0.39, 0.29) is 17.3 Å². The Morgan fingerprint density at radius 1 is 1.26 bits per heavy atom. The molecule has 1 aromatic carbocycles. The first-order chi connectivity index (χ1) is 8.91. The Hall–Kier alpha value is -1.54. The zero-order chi connectivity index (χ0) is 14.0. The van der Waals surface area contributed by atoms with Gasteiger partial charge >= 0.3 is 0 Å². The largest absolute Gasteiger partial charge is 0.392 e. The van der Waals surface area contributed by atoms with E-state index < -0.39 is 10.0 Å². The summed E-state index contributed by atoms with van der Waals surface area (Å²) in [5.74, 6) is -0.274. The topological polar surface area (TPSA) is 97.5 Å². The highest BCUT2D eigenvalue weighted by atomic mass is 32.2. The molecule has 0 aliphatic rings. The van der Waals surface area contributed by atoms with Crippen LogP contribution in [0.4, 0.5) is 0 Å². The fourth-order valence-corrected chi connectivity index (χ4v) is 3.26. The maximum atomic E-state index is 12.1. The summed E-state index contributed by atoms with van der Waals surface area (Å²) in [5, 5.41) is 15.2. The molecule has 0 aliphatic heterocycles. The average molecular weight is 297 g/mol. The highest BCUT2D eigenvalue weighted by Crippen LogP contribution is 2.21. The van der Waals surface area contributed by atoms with Crippen molar-refractivity contribution in [3.8, 4) is 0 Å². The monoisotopic (exact) mass is 297 g/mol. The second kappa shape index (κ2) is 5.22. The van der Waals surface area contributed by atoms with E-state index in [4.69, 9.17) is 10.2 Å². The van der Waals surface area contributed by atoms with Crippen LogP contribution in [0.15, 0.2) is 40.6 Å². The fourth-order valence-electron chi connectivity index (χ4n) is 1.49. The first-order valence-electron chi connectivity index (χ1n) is 5.27. The summed E-state index contributed by atoms with van der Waals surface area (Å²) in [7, 11) is -3.78. The predicted molar refractivity (Wildman–Crippen MR) is 71.5 cm³/mol. The molecule has 0 unspecified atom stereocenters. The van der Waals surface area contributed by atoms with E-state index in [2.05, 4.69) is 0 Å². The third-order valence-corrected chi connectivity index (χ3v) is 4.50. The molecule has 19 heavy (non-hydrogen) atoms. The third-order valence-electron chi connectivity index (χ3n) is 2.53. The molecule has 7 heteroatoms. The van der Waals surface area contributed by atoms with Gasteiger partial charge in [0.25, 0.3) is 0 Å². The lowest BCUT2D eigenvalue weighted by Crippen LogP contribution is -2.11. The van der Waals surface area contributed by atoms with Gasteiger partial charge in [0.1, 0.15) is 0 Å². The molecule has 2 aromatic rings. The molecule has 1 heterocycles. The van der Waals surface area contributed by atoms with Crippen LogP contribution in [0.25, 0.3) is 0 Å². The number of sulfonamides is 1. The Morgan fingerprint density at radius 2 is 1.89 bits per heavy atom. The van der Waals surface area contributed by atoms with Crippen LogP contribution in [-0.2, 0) is 16.6 Å². The molecule has 0 bridgehead atoms. The number of ketones is 1. The molecule has 0 spiro atoms. The number of benzene rings is 1. The van der Waals surface area contributed by atoms with E-state index >= 15 is 0 Å². The Kier molecular flexibility index (Phi) is 3.81. The lowest BCUT2D eigenvalue weighted by molar-refractivity contribution is 0.104. The van der Waals surface area contributed by atoms with Crippen LogP contribution < -0.4 is 5.14 Å². The van der Waals surface area contributed by atoms with Crippen LogP contribution >= 0.6 is 11.3 Å². The molecule has 0 aliphatic carbocycles. The van der Waals surface area contributed by atoms with Gasteiger partial charge in [-0.25, -0.2) is 13.6 Å². The molecule has 5 nitrogen and oxygen atoms in total. The molecule has 100 valence electrons. The summed E-state index contributed by atoms with van der Waals surface area (Å²) >= 11 is 1.03. The van der Waals surface area contributed by atoms with Gasteiger partial charge < -0.3 is 5.11 Å². The smallest absolute Gasteiger partial charge is 0.238 e. The minimum atomic E-state index is -3.78. The number of hydrogen-bond acceptors (Lipinski definition) is 5. The standard InChI is InChI=1S/C12H11NO4S2/c13-19(16,17)10-5-11(18-7-10)12(15)9-3-1-8(6-14)2-4-9/h1-5,7,14H,6H2,(H2,13,16,17). The van der Waals surface area contributed by atoms with Crippen LogP contribution in [0.5, 0.6) is 0 Å². The van der Waals surface area contributed by atoms with Crippen molar-refractivity contribution in [1.82, 2.24) is 0 Å². The lowest BCUT2D eigenvalue weighted by Gasteiger charge is -1.99. The van der Waals surface area contributed by atoms with E-state index in [1.54, 1.807) is 24.3 Å². The van der Waals surface area contributed by atoms with Crippen molar-refractivity contribution in [2.24, 2.45) is 5.14 Å². The van der Waals surface area contributed by atoms with Gasteiger partial charge in [0.15, 0.2) is 0 Å². The van der Waals surface area contributed by atoms with E-state index in [9.17, 15) is 13.2 Å². The Morgan fingerprint density at radius 3 is 2.37 bits per heavy atom. The van der Waals surface area contributed by atoms with Crippen LogP contribution in [0.3, 0.4) is 0 Å². The number of carbonyl (C=O) groups excluding carboxylic acids is 1. The van der Waals surface area contributed by atoms with Crippen LogP contribution in [0.1, 0.15) is 20.8 Å². The molecule has 2 rings (SSSR count). The number of thiophene rings is 1. The van der Waals surface area contributed by atoms with Gasteiger partial charge in [0, 0.05) is 10.9 Å². The van der Waals surface area contributed by atoms with E-state index in [0.717, 1.165) is 11.3 Å². The number of primary sulfonamides is 1. The zero-order valence-corrected chi connectivity index (χ0v) is 11.4. The minimum Gasteiger partial charge on any atom is -0.392 e. The van der Waals surface area contributed by atoms with Gasteiger partial charge in [-0.15, -0.1) is 11.3 Å². The van der Waals surface area contributed by atoms with E-state index in [1.165, 1.54) is 11.4 Å². The predicted octanol–water partition coefficient (Wildman–Crippen LogP) is 1.12. The Labute approximate surface area is 114 Å². The maximum Gasteiger partial charge on any atom is 0.238 e. The van der Waals surface area contributed by atoms with Crippen molar-refractivity contribution in [3.05, 3.63) is 51.7 Å². The second-order valence-electron chi connectivity index (χ2n) is 3.88. The summed E-state index contributed by atoms with van der Waals surface area (Å²) in [4.78, 5) is 12.3. The molecule has 0 saturated heterocycles. The van der Waals surface area contributed by atoms with Gasteiger partial charge in [0.2, 0.25) is 15.8 Å². The van der Waals surface area contributed by atoms with Gasteiger partial charge in [-0.05, 0) is 11.6 Å². The summed E-state index contributed by atoms with van der Waals surface area (Å²) in [6, 6.07) is 7.72. The normalized spacial score (nSPS) is 11.5. The molecule has 0 fully saturated rings. The van der Waals surface area contributed by atoms with Crippen molar-refractivity contribution < 1.29 is 18.3 Å². The number of aliphatic hydroxyl groups excluding tert-OH is 1. The summed E-state index contributed by atoms with van der Waals surface area (Å²) in [5.41, 5.74) is 1.13. The maximum absolute atomic E-state index is 12.1. The minimum absolute atomic E-state index is 0.0622. The summed E-state index contributed by atoms with van der Waals surface area (Å²) in [6.45, 7) is -0.0942. The van der Waals surface area contributed by atoms with Gasteiger partial charge in [-0.2, -0.15) is 0 Å². The van der Waals surface area contributed by atoms with Crippen molar-refractivity contribution in [2.45, 2.75) is 11.5 Å². The average Bonchev–Trinajstić information content (AvgIpc) is 2.87. The molecule has 0 amide bonds. The molecule has 3 N–H and O–H groups in total. The molecule has 0 saturated carbocycles. The second-order valence-corrected chi connectivity index (χ2v) is 6.35. The summed E-state index contributed by atoms with van der Waals surface area (Å²) in [6.07, 6.45) is 0. The van der Waals surface area contributed by atoms with Crippen LogP contribution in [0.2, 0.25) is 0 Å². The molecule has 1 aromatic heterocycles.